The van der Waals surface area contributed by atoms with Gasteiger partial charge in [0.1, 0.15) is 17.3 Å². The van der Waals surface area contributed by atoms with E-state index in [1.54, 1.807) is 12.3 Å². The molecule has 16 heavy (non-hydrogen) atoms. The lowest BCUT2D eigenvalue weighted by Crippen LogP contribution is -1.91. The number of ether oxygens (including phenoxy) is 1. The first-order chi connectivity index (χ1) is 7.83. The average molecular weight is 215 g/mol. The molecule has 0 aliphatic carbocycles. The highest BCUT2D eigenvalue weighted by molar-refractivity contribution is 5.42. The molecule has 3 heteroatoms. The minimum absolute atomic E-state index is 0.221. The Morgan fingerprint density at radius 3 is 3.00 bits per heavy atom. The molecule has 2 nitrogen and oxygen atoms in total. The van der Waals surface area contributed by atoms with Gasteiger partial charge in [0.05, 0.1) is 5.69 Å². The van der Waals surface area contributed by atoms with Gasteiger partial charge in [-0.05, 0) is 48.7 Å². The second kappa shape index (κ2) is 3.59. The highest BCUT2D eigenvalue weighted by Crippen LogP contribution is 2.32. The molecular weight excluding hydrogens is 205 g/mol. The lowest BCUT2D eigenvalue weighted by atomic mass is 10.1. The van der Waals surface area contributed by atoms with Crippen LogP contribution < -0.4 is 4.74 Å². The second-order valence-electron chi connectivity index (χ2n) is 3.80. The van der Waals surface area contributed by atoms with Crippen molar-refractivity contribution in [3.63, 3.8) is 0 Å². The van der Waals surface area contributed by atoms with E-state index in [1.165, 1.54) is 12.1 Å². The van der Waals surface area contributed by atoms with Crippen molar-refractivity contribution in [2.75, 3.05) is 0 Å². The zero-order valence-electron chi connectivity index (χ0n) is 8.61. The summed E-state index contributed by atoms with van der Waals surface area (Å²) in [5, 5.41) is 0. The summed E-state index contributed by atoms with van der Waals surface area (Å²) in [7, 11) is 0. The third kappa shape index (κ3) is 1.54. The maximum absolute atomic E-state index is 13.1. The largest absolute Gasteiger partial charge is 0.455 e. The summed E-state index contributed by atoms with van der Waals surface area (Å²) in [6, 6.07) is 8.35. The molecule has 0 saturated heterocycles. The molecule has 1 aromatic carbocycles. The molecule has 1 aliphatic rings. The summed E-state index contributed by atoms with van der Waals surface area (Å²) in [5.74, 6) is 1.28. The van der Waals surface area contributed by atoms with E-state index in [4.69, 9.17) is 4.74 Å². The van der Waals surface area contributed by atoms with Crippen molar-refractivity contribution < 1.29 is 9.13 Å². The first kappa shape index (κ1) is 9.33. The molecule has 0 fully saturated rings. The van der Waals surface area contributed by atoms with Crippen LogP contribution >= 0.6 is 0 Å². The van der Waals surface area contributed by atoms with Gasteiger partial charge in [-0.25, -0.2) is 4.39 Å². The normalized spacial score (nSPS) is 13.3. The molecular formula is C13H10FNO. The van der Waals surface area contributed by atoms with E-state index in [1.807, 2.05) is 12.1 Å². The molecule has 0 amide bonds. The summed E-state index contributed by atoms with van der Waals surface area (Å²) in [5.41, 5.74) is 1.83. The van der Waals surface area contributed by atoms with Gasteiger partial charge in [0.15, 0.2) is 0 Å². The van der Waals surface area contributed by atoms with Crippen molar-refractivity contribution in [2.24, 2.45) is 0 Å². The molecule has 0 atom stereocenters. The van der Waals surface area contributed by atoms with Crippen molar-refractivity contribution in [2.45, 2.75) is 12.8 Å². The topological polar surface area (TPSA) is 22.1 Å². The fourth-order valence-corrected chi connectivity index (χ4v) is 1.92. The fraction of sp³-hybridized carbons (Fsp3) is 0.154. The lowest BCUT2D eigenvalue weighted by molar-refractivity contribution is 0.474. The Bertz CT molecular complexity index is 539. The van der Waals surface area contributed by atoms with Gasteiger partial charge in [0, 0.05) is 6.20 Å². The Morgan fingerprint density at radius 1 is 1.12 bits per heavy atom. The molecule has 0 unspecified atom stereocenters. The summed E-state index contributed by atoms with van der Waals surface area (Å²) in [4.78, 5) is 4.27. The van der Waals surface area contributed by atoms with Crippen molar-refractivity contribution in [1.29, 1.82) is 0 Å². The molecule has 0 spiro atoms. The SMILES string of the molecule is Fc1ccc2c(c1)CCc1ncccc1O2. The van der Waals surface area contributed by atoms with Crippen LogP contribution in [0.4, 0.5) is 4.39 Å². The number of halogens is 1. The number of hydrogen-bond donors (Lipinski definition) is 0. The van der Waals surface area contributed by atoms with Crippen LogP contribution in [0, 0.1) is 5.82 Å². The summed E-state index contributed by atoms with van der Waals surface area (Å²) in [6.07, 6.45) is 3.29. The molecule has 2 heterocycles. The predicted octanol–water partition coefficient (Wildman–Crippen LogP) is 3.11. The summed E-state index contributed by atoms with van der Waals surface area (Å²) < 4.78 is 18.8. The smallest absolute Gasteiger partial charge is 0.148 e. The summed E-state index contributed by atoms with van der Waals surface area (Å²) in [6.45, 7) is 0. The molecule has 80 valence electrons. The van der Waals surface area contributed by atoms with E-state index in [0.717, 1.165) is 35.6 Å². The van der Waals surface area contributed by atoms with E-state index in [-0.39, 0.29) is 5.82 Å². The van der Waals surface area contributed by atoms with Crippen molar-refractivity contribution in [3.8, 4) is 11.5 Å². The van der Waals surface area contributed by atoms with E-state index < -0.39 is 0 Å². The van der Waals surface area contributed by atoms with Crippen LogP contribution in [0.15, 0.2) is 36.5 Å². The molecule has 3 rings (SSSR count). The standard InChI is InChI=1S/C13H10FNO/c14-10-4-6-12-9(8-10)3-5-11-13(16-12)2-1-7-15-11/h1-2,4,6-8H,3,5H2. The minimum atomic E-state index is -0.221. The second-order valence-corrected chi connectivity index (χ2v) is 3.80. The van der Waals surface area contributed by atoms with Crippen molar-refractivity contribution in [3.05, 3.63) is 53.6 Å². The van der Waals surface area contributed by atoms with E-state index in [2.05, 4.69) is 4.98 Å². The Labute approximate surface area is 92.7 Å². The number of benzene rings is 1. The molecule has 1 aromatic heterocycles. The van der Waals surface area contributed by atoms with Crippen LogP contribution in [0.2, 0.25) is 0 Å². The highest BCUT2D eigenvalue weighted by atomic mass is 19.1. The number of hydrogen-bond acceptors (Lipinski definition) is 2. The lowest BCUT2D eigenvalue weighted by Gasteiger charge is -2.07. The minimum Gasteiger partial charge on any atom is -0.455 e. The Morgan fingerprint density at radius 2 is 2.06 bits per heavy atom. The maximum atomic E-state index is 13.1. The zero-order valence-corrected chi connectivity index (χ0v) is 8.61. The van der Waals surface area contributed by atoms with Crippen LogP contribution in [-0.4, -0.2) is 4.98 Å². The van der Waals surface area contributed by atoms with Gasteiger partial charge in [-0.2, -0.15) is 0 Å². The zero-order chi connectivity index (χ0) is 11.0. The van der Waals surface area contributed by atoms with Crippen molar-refractivity contribution in [1.82, 2.24) is 4.98 Å². The first-order valence-corrected chi connectivity index (χ1v) is 5.23. The number of fused-ring (bicyclic) bond motifs is 2. The average Bonchev–Trinajstić information content (AvgIpc) is 2.48. The first-order valence-electron chi connectivity index (χ1n) is 5.23. The van der Waals surface area contributed by atoms with Gasteiger partial charge in [0.2, 0.25) is 0 Å². The quantitative estimate of drug-likeness (QED) is 0.673. The van der Waals surface area contributed by atoms with Crippen LogP contribution in [0.3, 0.4) is 0 Å². The fourth-order valence-electron chi connectivity index (χ4n) is 1.92. The molecule has 0 N–H and O–H groups in total. The van der Waals surface area contributed by atoms with E-state index in [0.29, 0.717) is 0 Å². The number of aromatic nitrogens is 1. The monoisotopic (exact) mass is 215 g/mol. The number of pyridine rings is 1. The third-order valence-corrected chi connectivity index (χ3v) is 2.72. The van der Waals surface area contributed by atoms with Crippen LogP contribution in [-0.2, 0) is 12.8 Å². The number of aryl methyl sites for hydroxylation is 2. The van der Waals surface area contributed by atoms with Crippen molar-refractivity contribution >= 4 is 0 Å². The third-order valence-electron chi connectivity index (χ3n) is 2.72. The highest BCUT2D eigenvalue weighted by Gasteiger charge is 2.15. The molecule has 0 bridgehead atoms. The molecule has 2 aromatic rings. The van der Waals surface area contributed by atoms with Crippen LogP contribution in [0.25, 0.3) is 0 Å². The maximum Gasteiger partial charge on any atom is 0.148 e. The molecule has 0 saturated carbocycles. The van der Waals surface area contributed by atoms with E-state index in [9.17, 15) is 4.39 Å². The molecule has 0 radical (unpaired) electrons. The van der Waals surface area contributed by atoms with Crippen LogP contribution in [0.1, 0.15) is 11.3 Å². The van der Waals surface area contributed by atoms with Gasteiger partial charge in [-0.3, -0.25) is 4.98 Å². The van der Waals surface area contributed by atoms with E-state index >= 15 is 0 Å². The van der Waals surface area contributed by atoms with Gasteiger partial charge in [0.25, 0.3) is 0 Å². The van der Waals surface area contributed by atoms with Gasteiger partial charge in [-0.15, -0.1) is 0 Å². The number of nitrogens with zero attached hydrogens (tertiary/aromatic N) is 1. The van der Waals surface area contributed by atoms with Gasteiger partial charge >= 0.3 is 0 Å². The number of rotatable bonds is 0. The van der Waals surface area contributed by atoms with Crippen LogP contribution in [0.5, 0.6) is 11.5 Å². The summed E-state index contributed by atoms with van der Waals surface area (Å²) >= 11 is 0. The Kier molecular flexibility index (Phi) is 2.10. The molecule has 1 aliphatic heterocycles. The van der Waals surface area contributed by atoms with Gasteiger partial charge in [-0.1, -0.05) is 0 Å². The van der Waals surface area contributed by atoms with Gasteiger partial charge < -0.3 is 4.74 Å². The Balaban J connectivity index is 2.08. The Hall–Kier alpha value is -1.90. The predicted molar refractivity (Wildman–Crippen MR) is 58.1 cm³/mol.